The Morgan fingerprint density at radius 2 is 2.20 bits per heavy atom. The molecule has 1 saturated heterocycles. The molecule has 1 aromatic carbocycles. The van der Waals surface area contributed by atoms with Crippen molar-refractivity contribution in [3.63, 3.8) is 0 Å². The smallest absolute Gasteiger partial charge is 0.328 e. The minimum atomic E-state index is -1.04. The van der Waals surface area contributed by atoms with Gasteiger partial charge in [0.1, 0.15) is 0 Å². The number of fused-ring (bicyclic) bond motifs is 1. The summed E-state index contributed by atoms with van der Waals surface area (Å²) in [4.78, 5) is 28.3. The average molecular weight is 274 g/mol. The molecule has 104 valence electrons. The third kappa shape index (κ3) is 2.04. The van der Waals surface area contributed by atoms with Crippen molar-refractivity contribution in [3.8, 4) is 0 Å². The second kappa shape index (κ2) is 4.97. The van der Waals surface area contributed by atoms with Crippen molar-refractivity contribution in [2.45, 2.75) is 6.04 Å². The number of carboxylic acid groups (broad SMARTS) is 1. The van der Waals surface area contributed by atoms with E-state index in [0.717, 1.165) is 10.9 Å². The first kappa shape index (κ1) is 12.7. The Balaban J connectivity index is 1.98. The number of ether oxygens (including phenoxy) is 1. The molecule has 1 amide bonds. The van der Waals surface area contributed by atoms with Crippen molar-refractivity contribution in [3.05, 3.63) is 36.0 Å². The molecule has 1 aromatic heterocycles. The highest BCUT2D eigenvalue weighted by Gasteiger charge is 2.33. The van der Waals surface area contributed by atoms with Crippen molar-refractivity contribution in [2.75, 3.05) is 19.8 Å². The molecule has 1 unspecified atom stereocenters. The Hall–Kier alpha value is -2.34. The van der Waals surface area contributed by atoms with Crippen LogP contribution in [0.3, 0.4) is 0 Å². The number of nitrogens with one attached hydrogen (secondary N) is 1. The number of carbonyl (C=O) groups excluding carboxylic acids is 1. The maximum atomic E-state index is 12.6. The Labute approximate surface area is 114 Å². The fourth-order valence-corrected chi connectivity index (χ4v) is 2.48. The number of nitrogens with zero attached hydrogens (tertiary/aromatic N) is 1. The lowest BCUT2D eigenvalue weighted by atomic mass is 10.1. The molecule has 1 aliphatic heterocycles. The van der Waals surface area contributed by atoms with E-state index < -0.39 is 12.0 Å². The summed E-state index contributed by atoms with van der Waals surface area (Å²) in [6.07, 6.45) is 1.76. The van der Waals surface area contributed by atoms with Crippen molar-refractivity contribution in [1.29, 1.82) is 0 Å². The van der Waals surface area contributed by atoms with E-state index in [1.54, 1.807) is 18.3 Å². The Bertz CT molecular complexity index is 664. The molecule has 6 heteroatoms. The van der Waals surface area contributed by atoms with E-state index in [2.05, 4.69) is 4.98 Å². The van der Waals surface area contributed by atoms with Crippen molar-refractivity contribution >= 4 is 22.8 Å². The zero-order chi connectivity index (χ0) is 14.1. The van der Waals surface area contributed by atoms with Gasteiger partial charge in [-0.1, -0.05) is 6.07 Å². The number of amides is 1. The number of morpholine rings is 1. The SMILES string of the molecule is O=C(O)C1COCCN1C(=O)c1cccc2[nH]ccc12. The summed E-state index contributed by atoms with van der Waals surface area (Å²) in [5, 5.41) is 10.00. The van der Waals surface area contributed by atoms with Crippen LogP contribution in [0.15, 0.2) is 30.5 Å². The summed E-state index contributed by atoms with van der Waals surface area (Å²) in [5.41, 5.74) is 1.37. The van der Waals surface area contributed by atoms with Gasteiger partial charge < -0.3 is 19.7 Å². The van der Waals surface area contributed by atoms with Crippen LogP contribution in [-0.4, -0.2) is 52.7 Å². The maximum Gasteiger partial charge on any atom is 0.328 e. The number of aromatic nitrogens is 1. The van der Waals surface area contributed by atoms with E-state index in [-0.39, 0.29) is 19.1 Å². The molecule has 3 rings (SSSR count). The Morgan fingerprint density at radius 3 is 3.00 bits per heavy atom. The lowest BCUT2D eigenvalue weighted by molar-refractivity contribution is -0.147. The van der Waals surface area contributed by atoms with Crippen LogP contribution in [0.25, 0.3) is 10.9 Å². The van der Waals surface area contributed by atoms with E-state index in [4.69, 9.17) is 4.74 Å². The maximum absolute atomic E-state index is 12.6. The summed E-state index contributed by atoms with van der Waals surface area (Å²) >= 11 is 0. The molecule has 0 radical (unpaired) electrons. The summed E-state index contributed by atoms with van der Waals surface area (Å²) < 4.78 is 5.15. The van der Waals surface area contributed by atoms with Gasteiger partial charge in [-0.2, -0.15) is 0 Å². The highest BCUT2D eigenvalue weighted by Crippen LogP contribution is 2.21. The van der Waals surface area contributed by atoms with Gasteiger partial charge in [-0.3, -0.25) is 4.79 Å². The van der Waals surface area contributed by atoms with E-state index in [0.29, 0.717) is 12.2 Å². The van der Waals surface area contributed by atoms with Gasteiger partial charge in [-0.25, -0.2) is 4.79 Å². The highest BCUT2D eigenvalue weighted by atomic mass is 16.5. The number of benzene rings is 1. The van der Waals surface area contributed by atoms with E-state index in [1.807, 2.05) is 12.1 Å². The number of H-pyrrole nitrogens is 1. The summed E-state index contributed by atoms with van der Waals surface area (Å²) in [6.45, 7) is 0.680. The predicted octanol–water partition coefficient (Wildman–Crippen LogP) is 1.09. The quantitative estimate of drug-likeness (QED) is 0.859. The fraction of sp³-hybridized carbons (Fsp3) is 0.286. The van der Waals surface area contributed by atoms with Crippen LogP contribution >= 0.6 is 0 Å². The van der Waals surface area contributed by atoms with Crippen LogP contribution in [0.2, 0.25) is 0 Å². The van der Waals surface area contributed by atoms with Gasteiger partial charge in [0.2, 0.25) is 0 Å². The van der Waals surface area contributed by atoms with Crippen LogP contribution in [0.1, 0.15) is 10.4 Å². The van der Waals surface area contributed by atoms with E-state index >= 15 is 0 Å². The van der Waals surface area contributed by atoms with Crippen molar-refractivity contribution < 1.29 is 19.4 Å². The number of hydrogen-bond acceptors (Lipinski definition) is 3. The number of rotatable bonds is 2. The van der Waals surface area contributed by atoms with Gasteiger partial charge in [0.15, 0.2) is 6.04 Å². The van der Waals surface area contributed by atoms with Gasteiger partial charge in [0, 0.05) is 29.2 Å². The first-order valence-electron chi connectivity index (χ1n) is 6.36. The number of carbonyl (C=O) groups is 2. The minimum absolute atomic E-state index is 0.0319. The molecule has 2 aromatic rings. The molecule has 0 aliphatic carbocycles. The van der Waals surface area contributed by atoms with Crippen LogP contribution in [0.4, 0.5) is 0 Å². The highest BCUT2D eigenvalue weighted by molar-refractivity contribution is 6.07. The van der Waals surface area contributed by atoms with Gasteiger partial charge in [0.05, 0.1) is 13.2 Å². The standard InChI is InChI=1S/C14H14N2O4/c17-13(16-6-7-20-8-12(16)14(18)19)10-2-1-3-11-9(10)4-5-15-11/h1-5,12,15H,6-8H2,(H,18,19). The summed E-state index contributed by atoms with van der Waals surface area (Å²) in [6, 6.07) is 6.26. The largest absolute Gasteiger partial charge is 0.480 e. The van der Waals surface area contributed by atoms with Crippen LogP contribution in [-0.2, 0) is 9.53 Å². The number of aromatic amines is 1. The van der Waals surface area contributed by atoms with E-state index in [1.165, 1.54) is 4.90 Å². The second-order valence-corrected chi connectivity index (χ2v) is 4.67. The molecule has 0 spiro atoms. The third-order valence-corrected chi connectivity index (χ3v) is 3.50. The number of hydrogen-bond donors (Lipinski definition) is 2. The van der Waals surface area contributed by atoms with Gasteiger partial charge in [-0.05, 0) is 18.2 Å². The summed E-state index contributed by atoms with van der Waals surface area (Å²) in [7, 11) is 0. The van der Waals surface area contributed by atoms with Crippen LogP contribution < -0.4 is 0 Å². The lowest BCUT2D eigenvalue weighted by Gasteiger charge is -2.33. The van der Waals surface area contributed by atoms with Gasteiger partial charge >= 0.3 is 5.97 Å². The number of aliphatic carboxylic acids is 1. The molecule has 0 saturated carbocycles. The molecule has 6 nitrogen and oxygen atoms in total. The molecule has 20 heavy (non-hydrogen) atoms. The zero-order valence-corrected chi connectivity index (χ0v) is 10.7. The molecule has 1 fully saturated rings. The topological polar surface area (TPSA) is 82.6 Å². The normalized spacial score (nSPS) is 19.2. The molecule has 0 bridgehead atoms. The van der Waals surface area contributed by atoms with Crippen molar-refractivity contribution in [1.82, 2.24) is 9.88 Å². The first-order chi connectivity index (χ1) is 9.68. The minimum Gasteiger partial charge on any atom is -0.480 e. The molecule has 2 heterocycles. The molecular formula is C14H14N2O4. The number of carboxylic acids is 1. The van der Waals surface area contributed by atoms with Gasteiger partial charge in [0.25, 0.3) is 5.91 Å². The van der Waals surface area contributed by atoms with E-state index in [9.17, 15) is 14.7 Å². The molecule has 1 atom stereocenters. The molecule has 2 N–H and O–H groups in total. The van der Waals surface area contributed by atoms with Crippen molar-refractivity contribution in [2.24, 2.45) is 0 Å². The predicted molar refractivity (Wildman–Crippen MR) is 71.6 cm³/mol. The molecular weight excluding hydrogens is 260 g/mol. The van der Waals surface area contributed by atoms with Crippen LogP contribution in [0.5, 0.6) is 0 Å². The summed E-state index contributed by atoms with van der Waals surface area (Å²) in [5.74, 6) is -1.31. The Morgan fingerprint density at radius 1 is 1.35 bits per heavy atom. The molecule has 1 aliphatic rings. The monoisotopic (exact) mass is 274 g/mol. The fourth-order valence-electron chi connectivity index (χ4n) is 2.48. The lowest BCUT2D eigenvalue weighted by Crippen LogP contribution is -2.52. The Kier molecular flexibility index (Phi) is 3.15. The first-order valence-corrected chi connectivity index (χ1v) is 6.36. The zero-order valence-electron chi connectivity index (χ0n) is 10.7. The van der Waals surface area contributed by atoms with Gasteiger partial charge in [-0.15, -0.1) is 0 Å². The third-order valence-electron chi connectivity index (χ3n) is 3.50. The second-order valence-electron chi connectivity index (χ2n) is 4.67. The van der Waals surface area contributed by atoms with Crippen LogP contribution in [0, 0.1) is 0 Å². The average Bonchev–Trinajstić information content (AvgIpc) is 2.94.